The smallest absolute Gasteiger partial charge is 0.305 e. The van der Waals surface area contributed by atoms with Gasteiger partial charge in [0.2, 0.25) is 5.95 Å². The Labute approximate surface area is 149 Å². The number of hydrogen-bond donors (Lipinski definition) is 3. The molecule has 4 N–H and O–H groups in total. The number of carboxylic acids is 1. The van der Waals surface area contributed by atoms with Crippen molar-refractivity contribution in [2.75, 3.05) is 12.3 Å². The van der Waals surface area contributed by atoms with Crippen LogP contribution in [-0.2, 0) is 11.8 Å². The number of nitrogens with one attached hydrogen (secondary N) is 1. The fourth-order valence-electron chi connectivity index (χ4n) is 2.50. The fraction of sp³-hybridized carbons (Fsp3) is 0.167. The van der Waals surface area contributed by atoms with Crippen LogP contribution in [-0.4, -0.2) is 33.1 Å². The fourth-order valence-corrected chi connectivity index (χ4v) is 2.50. The Kier molecular flexibility index (Phi) is 4.74. The number of benzene rings is 2. The number of nitrogens with zero attached hydrogens (tertiary/aromatic N) is 2. The maximum Gasteiger partial charge on any atom is 0.305 e. The lowest BCUT2D eigenvalue weighted by Gasteiger charge is -2.09. The number of nitrogens with two attached hydrogens (primary N) is 1. The Morgan fingerprint density at radius 1 is 1.27 bits per heavy atom. The predicted octanol–water partition coefficient (Wildman–Crippen LogP) is 2.15. The van der Waals surface area contributed by atoms with Crippen LogP contribution in [0.5, 0.6) is 11.5 Å². The van der Waals surface area contributed by atoms with Crippen LogP contribution >= 0.6 is 0 Å². The number of anilines is 1. The largest absolute Gasteiger partial charge is 0.481 e. The number of hydrogen-bond acceptors (Lipinski definition) is 5. The van der Waals surface area contributed by atoms with Crippen molar-refractivity contribution in [3.63, 3.8) is 0 Å². The molecule has 0 aliphatic carbocycles. The van der Waals surface area contributed by atoms with Crippen molar-refractivity contribution in [3.8, 4) is 11.5 Å². The van der Waals surface area contributed by atoms with E-state index in [9.17, 15) is 9.59 Å². The highest BCUT2D eigenvalue weighted by molar-refractivity contribution is 5.94. The van der Waals surface area contributed by atoms with Crippen LogP contribution in [0.15, 0.2) is 42.5 Å². The van der Waals surface area contributed by atoms with Crippen molar-refractivity contribution in [2.45, 2.75) is 6.42 Å². The molecule has 1 aromatic heterocycles. The highest BCUT2D eigenvalue weighted by Crippen LogP contribution is 2.30. The minimum Gasteiger partial charge on any atom is -0.481 e. The maximum atomic E-state index is 12.1. The highest BCUT2D eigenvalue weighted by atomic mass is 16.5. The second kappa shape index (κ2) is 7.14. The second-order valence-electron chi connectivity index (χ2n) is 5.68. The first kappa shape index (κ1) is 17.3. The number of nitrogen functional groups attached to an aromatic ring is 1. The van der Waals surface area contributed by atoms with E-state index in [1.54, 1.807) is 34.9 Å². The summed E-state index contributed by atoms with van der Waals surface area (Å²) in [7, 11) is 1.82. The molecule has 8 heteroatoms. The van der Waals surface area contributed by atoms with Crippen molar-refractivity contribution < 1.29 is 19.4 Å². The molecule has 8 nitrogen and oxygen atoms in total. The molecule has 0 spiro atoms. The van der Waals surface area contributed by atoms with E-state index in [1.807, 2.05) is 19.2 Å². The number of aliphatic carboxylic acids is 1. The molecule has 0 aliphatic heterocycles. The number of carboxylic acid groups (broad SMARTS) is 1. The summed E-state index contributed by atoms with van der Waals surface area (Å²) in [6.45, 7) is 0.0613. The highest BCUT2D eigenvalue weighted by Gasteiger charge is 2.12. The molecule has 3 rings (SSSR count). The van der Waals surface area contributed by atoms with Crippen LogP contribution in [0.3, 0.4) is 0 Å². The van der Waals surface area contributed by atoms with Crippen LogP contribution in [0, 0.1) is 0 Å². The van der Waals surface area contributed by atoms with Gasteiger partial charge in [0.15, 0.2) is 5.75 Å². The average Bonchev–Trinajstić information content (AvgIpc) is 2.91. The van der Waals surface area contributed by atoms with Gasteiger partial charge in [-0.3, -0.25) is 9.59 Å². The molecule has 3 aromatic rings. The molecule has 0 saturated carbocycles. The summed E-state index contributed by atoms with van der Waals surface area (Å²) >= 11 is 0. The standard InChI is InChI=1S/C18H18N4O4/c1-22-13-6-3-7-14(16(13)21-18(22)19)26-12-5-2-4-11(10-12)17(25)20-9-8-15(23)24/h2-7,10H,8-9H2,1H3,(H2,19,21)(H,20,25)(H,23,24). The zero-order valence-corrected chi connectivity index (χ0v) is 14.1. The molecule has 134 valence electrons. The molecule has 0 fully saturated rings. The molecule has 1 heterocycles. The molecule has 0 atom stereocenters. The minimum atomic E-state index is -0.967. The van der Waals surface area contributed by atoms with Gasteiger partial charge >= 0.3 is 5.97 Å². The van der Waals surface area contributed by atoms with E-state index < -0.39 is 5.97 Å². The molecule has 26 heavy (non-hydrogen) atoms. The lowest BCUT2D eigenvalue weighted by Crippen LogP contribution is -2.25. The number of carbonyl (C=O) groups is 2. The third-order valence-electron chi connectivity index (χ3n) is 3.86. The van der Waals surface area contributed by atoms with Gasteiger partial charge in [0.1, 0.15) is 11.3 Å². The van der Waals surface area contributed by atoms with Gasteiger partial charge in [-0.2, -0.15) is 0 Å². The van der Waals surface area contributed by atoms with Crippen molar-refractivity contribution in [3.05, 3.63) is 48.0 Å². The number of amides is 1. The van der Waals surface area contributed by atoms with Crippen LogP contribution in [0.25, 0.3) is 11.0 Å². The minimum absolute atomic E-state index is 0.0613. The molecule has 0 bridgehead atoms. The van der Waals surface area contributed by atoms with Crippen molar-refractivity contribution in [1.29, 1.82) is 0 Å². The lowest BCUT2D eigenvalue weighted by atomic mass is 10.2. The van der Waals surface area contributed by atoms with Gasteiger partial charge in [0.05, 0.1) is 11.9 Å². The Morgan fingerprint density at radius 3 is 2.81 bits per heavy atom. The van der Waals surface area contributed by atoms with E-state index in [0.29, 0.717) is 28.5 Å². The molecular formula is C18H18N4O4. The Morgan fingerprint density at radius 2 is 2.04 bits per heavy atom. The predicted molar refractivity (Wildman–Crippen MR) is 96.2 cm³/mol. The zero-order valence-electron chi connectivity index (χ0n) is 14.1. The van der Waals surface area contributed by atoms with Crippen LogP contribution < -0.4 is 15.8 Å². The number of aryl methyl sites for hydroxylation is 1. The molecule has 0 radical (unpaired) electrons. The monoisotopic (exact) mass is 354 g/mol. The molecular weight excluding hydrogens is 336 g/mol. The zero-order chi connectivity index (χ0) is 18.7. The van der Waals surface area contributed by atoms with Crippen LogP contribution in [0.1, 0.15) is 16.8 Å². The van der Waals surface area contributed by atoms with E-state index in [2.05, 4.69) is 10.3 Å². The summed E-state index contributed by atoms with van der Waals surface area (Å²) in [5.41, 5.74) is 7.69. The molecule has 0 aliphatic rings. The Hall–Kier alpha value is -3.55. The number of imidazole rings is 1. The first-order chi connectivity index (χ1) is 12.5. The SMILES string of the molecule is Cn1c(N)nc2c(Oc3cccc(C(=O)NCCC(=O)O)c3)cccc21. The summed E-state index contributed by atoms with van der Waals surface area (Å²) < 4.78 is 7.65. The van der Waals surface area contributed by atoms with Crippen molar-refractivity contribution in [2.24, 2.45) is 7.05 Å². The van der Waals surface area contributed by atoms with Crippen molar-refractivity contribution in [1.82, 2.24) is 14.9 Å². The Bertz CT molecular complexity index is 980. The third kappa shape index (κ3) is 3.59. The normalized spacial score (nSPS) is 10.7. The van der Waals surface area contributed by atoms with Crippen molar-refractivity contribution >= 4 is 28.9 Å². The summed E-state index contributed by atoms with van der Waals surface area (Å²) in [6, 6.07) is 12.1. The Balaban J connectivity index is 1.80. The van der Waals surface area contributed by atoms with Gasteiger partial charge in [-0.25, -0.2) is 4.98 Å². The van der Waals surface area contributed by atoms with E-state index >= 15 is 0 Å². The van der Waals surface area contributed by atoms with Gasteiger partial charge in [-0.05, 0) is 30.3 Å². The van der Waals surface area contributed by atoms with Crippen LogP contribution in [0.2, 0.25) is 0 Å². The van der Waals surface area contributed by atoms with E-state index in [0.717, 1.165) is 5.52 Å². The summed E-state index contributed by atoms with van der Waals surface area (Å²) in [5.74, 6) is 0.0376. The van der Waals surface area contributed by atoms with E-state index in [1.165, 1.54) is 0 Å². The van der Waals surface area contributed by atoms with E-state index in [-0.39, 0.29) is 18.9 Å². The third-order valence-corrected chi connectivity index (χ3v) is 3.86. The second-order valence-corrected chi connectivity index (χ2v) is 5.68. The first-order valence-corrected chi connectivity index (χ1v) is 7.94. The first-order valence-electron chi connectivity index (χ1n) is 7.94. The average molecular weight is 354 g/mol. The molecule has 2 aromatic carbocycles. The summed E-state index contributed by atoms with van der Waals surface area (Å²) in [6.07, 6.45) is -0.134. The van der Waals surface area contributed by atoms with Gasteiger partial charge in [-0.15, -0.1) is 0 Å². The van der Waals surface area contributed by atoms with Gasteiger partial charge in [0, 0.05) is 19.2 Å². The van der Waals surface area contributed by atoms with Gasteiger partial charge in [0.25, 0.3) is 5.91 Å². The number of carbonyl (C=O) groups excluding carboxylic acids is 1. The summed E-state index contributed by atoms with van der Waals surface area (Å²) in [4.78, 5) is 26.9. The number of fused-ring (bicyclic) bond motifs is 1. The molecule has 1 amide bonds. The number of para-hydroxylation sites is 1. The number of aromatic nitrogens is 2. The van der Waals surface area contributed by atoms with Gasteiger partial charge in [-0.1, -0.05) is 12.1 Å². The maximum absolute atomic E-state index is 12.1. The molecule has 0 unspecified atom stereocenters. The quantitative estimate of drug-likeness (QED) is 0.624. The lowest BCUT2D eigenvalue weighted by molar-refractivity contribution is -0.136. The van der Waals surface area contributed by atoms with Crippen LogP contribution in [0.4, 0.5) is 5.95 Å². The topological polar surface area (TPSA) is 119 Å². The number of ether oxygens (including phenoxy) is 1. The van der Waals surface area contributed by atoms with Gasteiger partial charge < -0.3 is 25.5 Å². The number of rotatable bonds is 6. The summed E-state index contributed by atoms with van der Waals surface area (Å²) in [5, 5.41) is 11.2. The molecule has 0 saturated heterocycles. The van der Waals surface area contributed by atoms with E-state index in [4.69, 9.17) is 15.6 Å².